The number of rotatable bonds is 3. The molecule has 1 aliphatic rings. The summed E-state index contributed by atoms with van der Waals surface area (Å²) in [6.45, 7) is 2.94. The van der Waals surface area contributed by atoms with E-state index >= 15 is 0 Å². The molecule has 0 heterocycles. The lowest BCUT2D eigenvalue weighted by molar-refractivity contribution is -0.124. The summed E-state index contributed by atoms with van der Waals surface area (Å²) in [5, 5.41) is 11.1. The molecule has 1 amide bonds. The van der Waals surface area contributed by atoms with Crippen molar-refractivity contribution in [2.75, 3.05) is 0 Å². The molecular formula is C7H12NO4S-. The van der Waals surface area contributed by atoms with Gasteiger partial charge in [-0.05, 0) is 19.8 Å². The summed E-state index contributed by atoms with van der Waals surface area (Å²) in [7, 11) is -3.95. The highest BCUT2D eigenvalue weighted by molar-refractivity contribution is 7.91. The molecule has 0 spiro atoms. The maximum absolute atomic E-state index is 11.4. The molecule has 1 aliphatic carbocycles. The highest BCUT2D eigenvalue weighted by atomic mass is 32.2. The Hall–Kier alpha value is -0.620. The first-order valence-electron chi connectivity index (χ1n) is 4.10. The summed E-state index contributed by atoms with van der Waals surface area (Å²) >= 11 is 0. The average molecular weight is 206 g/mol. The van der Waals surface area contributed by atoms with Crippen molar-refractivity contribution in [1.82, 2.24) is 4.47 Å². The average Bonchev–Trinajstić information content (AvgIpc) is 2.82. The summed E-state index contributed by atoms with van der Waals surface area (Å²) < 4.78 is 21.5. The summed E-state index contributed by atoms with van der Waals surface area (Å²) in [4.78, 5) is 10.9. The lowest BCUT2D eigenvalue weighted by Gasteiger charge is -2.30. The third-order valence-electron chi connectivity index (χ3n) is 2.30. The minimum absolute atomic E-state index is 0.0845. The zero-order valence-electron chi connectivity index (χ0n) is 7.61. The molecule has 13 heavy (non-hydrogen) atoms. The molecule has 0 saturated heterocycles. The standard InChI is InChI=1S/C7H12NO4S/c1-3-6(9)8(10)13(11,12)7(2)4-5-7/h3-5H2,1-2H3/q-1. The van der Waals surface area contributed by atoms with Crippen molar-refractivity contribution in [1.29, 1.82) is 0 Å². The zero-order valence-corrected chi connectivity index (χ0v) is 8.43. The van der Waals surface area contributed by atoms with Gasteiger partial charge in [0.2, 0.25) is 15.9 Å². The normalized spacial score (nSPS) is 19.6. The molecule has 0 N–H and O–H groups in total. The van der Waals surface area contributed by atoms with Crippen LogP contribution in [0, 0.1) is 5.21 Å². The van der Waals surface area contributed by atoms with Crippen LogP contribution in [0.3, 0.4) is 0 Å². The van der Waals surface area contributed by atoms with Crippen LogP contribution in [0.1, 0.15) is 33.1 Å². The number of sulfonamides is 1. The van der Waals surface area contributed by atoms with Gasteiger partial charge in [-0.3, -0.25) is 4.79 Å². The van der Waals surface area contributed by atoms with Gasteiger partial charge in [-0.2, -0.15) is 0 Å². The lowest BCUT2D eigenvalue weighted by atomic mass is 10.5. The molecule has 0 unspecified atom stereocenters. The van der Waals surface area contributed by atoms with E-state index in [-0.39, 0.29) is 10.9 Å². The van der Waals surface area contributed by atoms with Crippen molar-refractivity contribution in [3.05, 3.63) is 5.21 Å². The van der Waals surface area contributed by atoms with Gasteiger partial charge in [0.1, 0.15) is 0 Å². The third kappa shape index (κ3) is 1.55. The van der Waals surface area contributed by atoms with Gasteiger partial charge in [0, 0.05) is 6.42 Å². The van der Waals surface area contributed by atoms with Crippen LogP contribution >= 0.6 is 0 Å². The predicted octanol–water partition coefficient (Wildman–Crippen LogP) is 0.605. The van der Waals surface area contributed by atoms with E-state index in [2.05, 4.69) is 0 Å². The number of carbonyl (C=O) groups excluding carboxylic acids is 1. The Morgan fingerprint density at radius 1 is 1.54 bits per heavy atom. The fraction of sp³-hybridized carbons (Fsp3) is 0.857. The van der Waals surface area contributed by atoms with Crippen LogP contribution in [0.2, 0.25) is 0 Å². The van der Waals surface area contributed by atoms with E-state index in [9.17, 15) is 18.4 Å². The monoisotopic (exact) mass is 206 g/mol. The molecule has 0 aliphatic heterocycles. The van der Waals surface area contributed by atoms with Crippen LogP contribution in [0.25, 0.3) is 0 Å². The molecule has 1 rings (SSSR count). The van der Waals surface area contributed by atoms with Crippen molar-refractivity contribution in [3.8, 4) is 0 Å². The molecule has 0 aromatic rings. The van der Waals surface area contributed by atoms with E-state index < -0.39 is 20.7 Å². The Morgan fingerprint density at radius 3 is 2.31 bits per heavy atom. The first kappa shape index (κ1) is 10.5. The van der Waals surface area contributed by atoms with Crippen molar-refractivity contribution < 1.29 is 13.2 Å². The van der Waals surface area contributed by atoms with E-state index in [1.165, 1.54) is 13.8 Å². The molecular weight excluding hydrogens is 194 g/mol. The Bertz CT molecular complexity index is 317. The molecule has 1 saturated carbocycles. The van der Waals surface area contributed by atoms with Crippen molar-refractivity contribution in [2.45, 2.75) is 37.9 Å². The maximum atomic E-state index is 11.4. The second-order valence-corrected chi connectivity index (χ2v) is 5.70. The Kier molecular flexibility index (Phi) is 2.38. The van der Waals surface area contributed by atoms with E-state index in [0.29, 0.717) is 12.8 Å². The number of carbonyl (C=O) groups is 1. The van der Waals surface area contributed by atoms with E-state index in [0.717, 1.165) is 0 Å². The van der Waals surface area contributed by atoms with Crippen molar-refractivity contribution in [2.24, 2.45) is 0 Å². The zero-order chi connectivity index (χ0) is 10.3. The minimum Gasteiger partial charge on any atom is -0.742 e. The van der Waals surface area contributed by atoms with Gasteiger partial charge in [0.15, 0.2) is 0 Å². The molecule has 0 radical (unpaired) electrons. The SMILES string of the molecule is CCC(=O)N([O-])S(=O)(=O)C1(C)CC1. The van der Waals surface area contributed by atoms with Crippen LogP contribution in [0.5, 0.6) is 0 Å². The van der Waals surface area contributed by atoms with Crippen LogP contribution in [0.4, 0.5) is 0 Å². The topological polar surface area (TPSA) is 77.5 Å². The van der Waals surface area contributed by atoms with Gasteiger partial charge in [-0.1, -0.05) is 6.92 Å². The minimum atomic E-state index is -3.95. The first-order chi connectivity index (χ1) is 5.85. The molecule has 0 atom stereocenters. The summed E-state index contributed by atoms with van der Waals surface area (Å²) in [6.07, 6.45) is 0.842. The second kappa shape index (κ2) is 2.95. The molecule has 0 aromatic carbocycles. The van der Waals surface area contributed by atoms with Crippen LogP contribution in [-0.2, 0) is 14.8 Å². The van der Waals surface area contributed by atoms with Crippen molar-refractivity contribution in [3.63, 3.8) is 0 Å². The van der Waals surface area contributed by atoms with E-state index in [1.807, 2.05) is 0 Å². The van der Waals surface area contributed by atoms with Crippen LogP contribution < -0.4 is 0 Å². The van der Waals surface area contributed by atoms with Crippen molar-refractivity contribution >= 4 is 15.9 Å². The quantitative estimate of drug-likeness (QED) is 0.634. The smallest absolute Gasteiger partial charge is 0.233 e. The summed E-state index contributed by atoms with van der Waals surface area (Å²) in [5.41, 5.74) is 0. The number of nitrogens with zero attached hydrogens (tertiary/aromatic N) is 1. The highest BCUT2D eigenvalue weighted by Gasteiger charge is 2.51. The molecule has 76 valence electrons. The third-order valence-corrected chi connectivity index (χ3v) is 4.60. The number of hydrogen-bond donors (Lipinski definition) is 0. The van der Waals surface area contributed by atoms with E-state index in [4.69, 9.17) is 0 Å². The summed E-state index contributed by atoms with van der Waals surface area (Å²) in [5.74, 6) is -0.895. The molecule has 0 aromatic heterocycles. The Balaban J connectivity index is 2.88. The van der Waals surface area contributed by atoms with Gasteiger partial charge in [-0.15, -0.1) is 0 Å². The molecule has 0 bridgehead atoms. The number of hydroxylamine groups is 1. The Labute approximate surface area is 77.4 Å². The van der Waals surface area contributed by atoms with Gasteiger partial charge in [-0.25, -0.2) is 8.42 Å². The van der Waals surface area contributed by atoms with Gasteiger partial charge < -0.3 is 9.68 Å². The van der Waals surface area contributed by atoms with Crippen LogP contribution in [0.15, 0.2) is 0 Å². The fourth-order valence-corrected chi connectivity index (χ4v) is 2.31. The number of amides is 1. The molecule has 5 nitrogen and oxygen atoms in total. The van der Waals surface area contributed by atoms with Gasteiger partial charge in [0.05, 0.1) is 4.75 Å². The van der Waals surface area contributed by atoms with E-state index in [1.54, 1.807) is 0 Å². The Morgan fingerprint density at radius 2 is 2.00 bits per heavy atom. The maximum Gasteiger partial charge on any atom is 0.233 e. The predicted molar refractivity (Wildman–Crippen MR) is 47.1 cm³/mol. The molecule has 1 fully saturated rings. The largest absolute Gasteiger partial charge is 0.742 e. The van der Waals surface area contributed by atoms with Gasteiger partial charge in [0.25, 0.3) is 0 Å². The van der Waals surface area contributed by atoms with Crippen LogP contribution in [-0.4, -0.2) is 23.5 Å². The lowest BCUT2D eigenvalue weighted by Crippen LogP contribution is -2.38. The second-order valence-electron chi connectivity index (χ2n) is 3.43. The molecule has 6 heteroatoms. The fourth-order valence-electron chi connectivity index (χ4n) is 0.897. The highest BCUT2D eigenvalue weighted by Crippen LogP contribution is 2.44. The van der Waals surface area contributed by atoms with Gasteiger partial charge >= 0.3 is 0 Å². The first-order valence-corrected chi connectivity index (χ1v) is 5.54. The summed E-state index contributed by atoms with van der Waals surface area (Å²) in [6, 6.07) is 0. The number of hydrogen-bond acceptors (Lipinski definition) is 4.